The molecule has 1 atom stereocenters. The average Bonchev–Trinajstić information content (AvgIpc) is 2.52. The molecule has 2 nitrogen and oxygen atoms in total. The molecule has 1 N–H and O–H groups in total. The first kappa shape index (κ1) is 13.7. The van der Waals surface area contributed by atoms with E-state index in [0.717, 1.165) is 12.5 Å². The van der Waals surface area contributed by atoms with Gasteiger partial charge in [0.15, 0.2) is 0 Å². The van der Waals surface area contributed by atoms with Crippen LogP contribution in [0.25, 0.3) is 0 Å². The van der Waals surface area contributed by atoms with Gasteiger partial charge in [-0.3, -0.25) is 0 Å². The van der Waals surface area contributed by atoms with Crippen molar-refractivity contribution in [1.82, 2.24) is 10.3 Å². The SMILES string of the molecule is Cc1nc(CNC(C)CCC(C)C)sc1C. The number of nitrogens with one attached hydrogen (secondary N) is 1. The predicted molar refractivity (Wildman–Crippen MR) is 72.0 cm³/mol. The number of hydrogen-bond donors (Lipinski definition) is 1. The van der Waals surface area contributed by atoms with Gasteiger partial charge in [-0.15, -0.1) is 11.3 Å². The molecule has 1 aromatic heterocycles. The minimum absolute atomic E-state index is 0.590. The summed E-state index contributed by atoms with van der Waals surface area (Å²) in [6, 6.07) is 0.590. The molecule has 3 heteroatoms. The minimum Gasteiger partial charge on any atom is -0.308 e. The summed E-state index contributed by atoms with van der Waals surface area (Å²) in [4.78, 5) is 5.87. The topological polar surface area (TPSA) is 24.9 Å². The molecule has 1 heterocycles. The van der Waals surface area contributed by atoms with Gasteiger partial charge in [-0.2, -0.15) is 0 Å². The molecule has 1 rings (SSSR count). The van der Waals surface area contributed by atoms with Crippen molar-refractivity contribution in [3.8, 4) is 0 Å². The highest BCUT2D eigenvalue weighted by atomic mass is 32.1. The molecule has 0 aromatic carbocycles. The van der Waals surface area contributed by atoms with Gasteiger partial charge in [-0.25, -0.2) is 4.98 Å². The van der Waals surface area contributed by atoms with Crippen molar-refractivity contribution in [1.29, 1.82) is 0 Å². The second kappa shape index (κ2) is 6.36. The van der Waals surface area contributed by atoms with Crippen LogP contribution in [0.15, 0.2) is 0 Å². The summed E-state index contributed by atoms with van der Waals surface area (Å²) in [7, 11) is 0. The van der Waals surface area contributed by atoms with Gasteiger partial charge < -0.3 is 5.32 Å². The van der Waals surface area contributed by atoms with Crippen LogP contribution in [0, 0.1) is 19.8 Å². The highest BCUT2D eigenvalue weighted by molar-refractivity contribution is 7.11. The third-order valence-electron chi connectivity index (χ3n) is 2.85. The van der Waals surface area contributed by atoms with E-state index in [-0.39, 0.29) is 0 Å². The number of nitrogens with zero attached hydrogens (tertiary/aromatic N) is 1. The zero-order valence-electron chi connectivity index (χ0n) is 11.1. The van der Waals surface area contributed by atoms with Crippen molar-refractivity contribution in [2.24, 2.45) is 5.92 Å². The minimum atomic E-state index is 0.590. The Morgan fingerprint density at radius 1 is 1.19 bits per heavy atom. The molecule has 0 radical (unpaired) electrons. The maximum Gasteiger partial charge on any atom is 0.107 e. The molecular weight excluding hydrogens is 216 g/mol. The fourth-order valence-corrected chi connectivity index (χ4v) is 2.45. The molecule has 0 aliphatic carbocycles. The lowest BCUT2D eigenvalue weighted by Crippen LogP contribution is -2.25. The average molecular weight is 240 g/mol. The summed E-state index contributed by atoms with van der Waals surface area (Å²) >= 11 is 1.81. The molecule has 0 amide bonds. The largest absolute Gasteiger partial charge is 0.308 e. The van der Waals surface area contributed by atoms with E-state index >= 15 is 0 Å². The molecule has 0 fully saturated rings. The summed E-state index contributed by atoms with van der Waals surface area (Å²) in [6.45, 7) is 11.9. The Kier molecular flexibility index (Phi) is 5.42. The van der Waals surface area contributed by atoms with Crippen LogP contribution in [0.3, 0.4) is 0 Å². The quantitative estimate of drug-likeness (QED) is 0.820. The second-order valence-corrected chi connectivity index (χ2v) is 6.29. The molecule has 1 aromatic rings. The van der Waals surface area contributed by atoms with Crippen LogP contribution in [0.5, 0.6) is 0 Å². The standard InChI is InChI=1S/C13H24N2S/c1-9(2)6-7-10(3)14-8-13-15-11(4)12(5)16-13/h9-10,14H,6-8H2,1-5H3. The highest BCUT2D eigenvalue weighted by Gasteiger charge is 2.06. The predicted octanol–water partition coefficient (Wildman–Crippen LogP) is 3.67. The van der Waals surface area contributed by atoms with E-state index in [4.69, 9.17) is 0 Å². The van der Waals surface area contributed by atoms with Crippen molar-refractivity contribution in [3.05, 3.63) is 15.6 Å². The fraction of sp³-hybridized carbons (Fsp3) is 0.769. The second-order valence-electron chi connectivity index (χ2n) is 5.00. The fourth-order valence-electron chi connectivity index (χ4n) is 1.56. The Morgan fingerprint density at radius 2 is 1.88 bits per heavy atom. The van der Waals surface area contributed by atoms with Crippen LogP contribution >= 0.6 is 11.3 Å². The van der Waals surface area contributed by atoms with Crippen molar-refractivity contribution in [2.45, 2.75) is 60.0 Å². The van der Waals surface area contributed by atoms with E-state index < -0.39 is 0 Å². The summed E-state index contributed by atoms with van der Waals surface area (Å²) < 4.78 is 0. The van der Waals surface area contributed by atoms with Crippen LogP contribution in [0.4, 0.5) is 0 Å². The zero-order chi connectivity index (χ0) is 12.1. The molecule has 92 valence electrons. The zero-order valence-corrected chi connectivity index (χ0v) is 11.9. The first-order valence-corrected chi connectivity index (χ1v) is 6.97. The van der Waals surface area contributed by atoms with Crippen molar-refractivity contribution in [2.75, 3.05) is 0 Å². The van der Waals surface area contributed by atoms with E-state index in [1.54, 1.807) is 0 Å². The third kappa shape index (κ3) is 4.62. The van der Waals surface area contributed by atoms with E-state index in [1.807, 2.05) is 11.3 Å². The third-order valence-corrected chi connectivity index (χ3v) is 3.92. The lowest BCUT2D eigenvalue weighted by atomic mass is 10.0. The Bertz CT molecular complexity index is 298. The lowest BCUT2D eigenvalue weighted by molar-refractivity contribution is 0.450. The molecule has 0 saturated heterocycles. The van der Waals surface area contributed by atoms with Crippen LogP contribution < -0.4 is 5.32 Å². The van der Waals surface area contributed by atoms with Crippen molar-refractivity contribution < 1.29 is 0 Å². The van der Waals surface area contributed by atoms with Crippen LogP contribution in [0.2, 0.25) is 0 Å². The normalized spacial score (nSPS) is 13.4. The Balaban J connectivity index is 2.28. The Hall–Kier alpha value is -0.410. The summed E-state index contributed by atoms with van der Waals surface area (Å²) in [5.41, 5.74) is 1.18. The molecule has 0 bridgehead atoms. The number of rotatable bonds is 6. The molecule has 0 saturated carbocycles. The van der Waals surface area contributed by atoms with E-state index in [9.17, 15) is 0 Å². The number of aromatic nitrogens is 1. The molecule has 0 aliphatic heterocycles. The van der Waals surface area contributed by atoms with Gasteiger partial charge in [0.1, 0.15) is 5.01 Å². The number of thiazole rings is 1. The van der Waals surface area contributed by atoms with Crippen molar-refractivity contribution >= 4 is 11.3 Å². The number of hydrogen-bond acceptors (Lipinski definition) is 3. The summed E-state index contributed by atoms with van der Waals surface area (Å²) in [5, 5.41) is 4.76. The summed E-state index contributed by atoms with van der Waals surface area (Å²) in [5.74, 6) is 0.800. The lowest BCUT2D eigenvalue weighted by Gasteiger charge is -2.13. The van der Waals surface area contributed by atoms with Gasteiger partial charge >= 0.3 is 0 Å². The summed E-state index contributed by atoms with van der Waals surface area (Å²) in [6.07, 6.45) is 2.55. The van der Waals surface area contributed by atoms with E-state index in [1.165, 1.54) is 28.4 Å². The van der Waals surface area contributed by atoms with Gasteiger partial charge in [0.25, 0.3) is 0 Å². The Morgan fingerprint density at radius 3 is 2.38 bits per heavy atom. The first-order valence-electron chi connectivity index (χ1n) is 6.15. The van der Waals surface area contributed by atoms with Gasteiger partial charge in [-0.05, 0) is 39.5 Å². The van der Waals surface area contributed by atoms with Gasteiger partial charge in [-0.1, -0.05) is 13.8 Å². The highest BCUT2D eigenvalue weighted by Crippen LogP contribution is 2.16. The maximum atomic E-state index is 4.53. The van der Waals surface area contributed by atoms with Gasteiger partial charge in [0, 0.05) is 17.5 Å². The maximum absolute atomic E-state index is 4.53. The van der Waals surface area contributed by atoms with Crippen LogP contribution in [0.1, 0.15) is 49.2 Å². The van der Waals surface area contributed by atoms with Gasteiger partial charge in [0.05, 0.1) is 5.69 Å². The monoisotopic (exact) mass is 240 g/mol. The van der Waals surface area contributed by atoms with Gasteiger partial charge in [0.2, 0.25) is 0 Å². The van der Waals surface area contributed by atoms with Crippen LogP contribution in [-0.4, -0.2) is 11.0 Å². The number of aryl methyl sites for hydroxylation is 2. The van der Waals surface area contributed by atoms with E-state index in [0.29, 0.717) is 6.04 Å². The Labute approximate surface area is 103 Å². The molecule has 0 spiro atoms. The van der Waals surface area contributed by atoms with E-state index in [2.05, 4.69) is 44.9 Å². The van der Waals surface area contributed by atoms with Crippen LogP contribution in [-0.2, 0) is 6.54 Å². The molecule has 16 heavy (non-hydrogen) atoms. The molecule has 1 unspecified atom stereocenters. The molecule has 0 aliphatic rings. The van der Waals surface area contributed by atoms with Crippen molar-refractivity contribution in [3.63, 3.8) is 0 Å². The molecular formula is C13H24N2S. The smallest absolute Gasteiger partial charge is 0.107 e. The first-order chi connectivity index (χ1) is 7.49.